The summed E-state index contributed by atoms with van der Waals surface area (Å²) in [5.41, 5.74) is 2.24. The number of thiophene rings is 1. The molecular weight excluding hydrogens is 452 g/mol. The lowest BCUT2D eigenvalue weighted by atomic mass is 9.88. The highest BCUT2D eigenvalue weighted by Crippen LogP contribution is 2.40. The van der Waals surface area contributed by atoms with E-state index in [9.17, 15) is 14.4 Å². The molecule has 0 saturated carbocycles. The standard InChI is InChI=1S/C26H28N2O5S/c1-4-32-26(31)21-18-13-12-16(2)15-20(18)34-24(21)27-23(29)22(17-9-6-5-7-10-17)33-25(30)19-11-8-14-28(19)3/h5-11,14,16,22H,4,12-13,15H2,1-3H3,(H,27,29). The Morgan fingerprint density at radius 1 is 1.15 bits per heavy atom. The van der Waals surface area contributed by atoms with E-state index in [1.165, 1.54) is 11.3 Å². The van der Waals surface area contributed by atoms with Crippen LogP contribution in [0.1, 0.15) is 63.2 Å². The molecule has 2 aromatic heterocycles. The van der Waals surface area contributed by atoms with E-state index < -0.39 is 23.9 Å². The largest absolute Gasteiger partial charge is 0.462 e. The summed E-state index contributed by atoms with van der Waals surface area (Å²) in [6, 6.07) is 12.2. The Kier molecular flexibility index (Phi) is 7.17. The number of aryl methyl sites for hydroxylation is 1. The third-order valence-electron chi connectivity index (χ3n) is 5.95. The van der Waals surface area contributed by atoms with Gasteiger partial charge in [-0.2, -0.15) is 0 Å². The summed E-state index contributed by atoms with van der Waals surface area (Å²) in [5.74, 6) is -1.07. The molecule has 0 bridgehead atoms. The first-order chi connectivity index (χ1) is 16.4. The number of carbonyl (C=O) groups is 3. The maximum Gasteiger partial charge on any atom is 0.356 e. The number of nitrogens with zero attached hydrogens (tertiary/aromatic N) is 1. The SMILES string of the molecule is CCOC(=O)c1c(NC(=O)C(OC(=O)c2cccn2C)c2ccccc2)sc2c1CCC(C)C2. The smallest absolute Gasteiger partial charge is 0.356 e. The van der Waals surface area contributed by atoms with E-state index in [1.54, 1.807) is 61.1 Å². The summed E-state index contributed by atoms with van der Waals surface area (Å²) in [5, 5.41) is 3.32. The molecule has 7 nitrogen and oxygen atoms in total. The van der Waals surface area contributed by atoms with Crippen molar-refractivity contribution in [3.63, 3.8) is 0 Å². The van der Waals surface area contributed by atoms with Gasteiger partial charge in [-0.15, -0.1) is 11.3 Å². The highest BCUT2D eigenvalue weighted by atomic mass is 32.1. The van der Waals surface area contributed by atoms with Crippen LogP contribution in [0.3, 0.4) is 0 Å². The fraction of sp³-hybridized carbons (Fsp3) is 0.346. The number of fused-ring (bicyclic) bond motifs is 1. The second kappa shape index (κ2) is 10.3. The molecule has 2 heterocycles. The van der Waals surface area contributed by atoms with E-state index in [2.05, 4.69) is 12.2 Å². The van der Waals surface area contributed by atoms with Gasteiger partial charge in [0, 0.05) is 23.7 Å². The zero-order valence-electron chi connectivity index (χ0n) is 19.5. The van der Waals surface area contributed by atoms with Gasteiger partial charge in [0.25, 0.3) is 5.91 Å². The molecule has 34 heavy (non-hydrogen) atoms. The predicted octanol–water partition coefficient (Wildman–Crippen LogP) is 4.92. The van der Waals surface area contributed by atoms with Crippen molar-refractivity contribution < 1.29 is 23.9 Å². The van der Waals surface area contributed by atoms with Crippen LogP contribution in [0.4, 0.5) is 5.00 Å². The van der Waals surface area contributed by atoms with Crippen LogP contribution in [0.2, 0.25) is 0 Å². The molecule has 1 aliphatic rings. The lowest BCUT2D eigenvalue weighted by Crippen LogP contribution is -2.27. The zero-order chi connectivity index (χ0) is 24.2. The van der Waals surface area contributed by atoms with Gasteiger partial charge in [0.15, 0.2) is 0 Å². The number of carbonyl (C=O) groups excluding carboxylic acids is 3. The lowest BCUT2D eigenvalue weighted by molar-refractivity contribution is -0.125. The summed E-state index contributed by atoms with van der Waals surface area (Å²) < 4.78 is 12.6. The minimum absolute atomic E-state index is 0.244. The number of esters is 2. The van der Waals surface area contributed by atoms with Crippen molar-refractivity contribution >= 4 is 34.2 Å². The van der Waals surface area contributed by atoms with E-state index in [4.69, 9.17) is 9.47 Å². The van der Waals surface area contributed by atoms with E-state index in [-0.39, 0.29) is 6.61 Å². The van der Waals surface area contributed by atoms with Gasteiger partial charge in [0.2, 0.25) is 6.10 Å². The third-order valence-corrected chi connectivity index (χ3v) is 7.12. The Bertz CT molecular complexity index is 1200. The van der Waals surface area contributed by atoms with Crippen molar-refractivity contribution in [2.24, 2.45) is 13.0 Å². The molecule has 8 heteroatoms. The highest BCUT2D eigenvalue weighted by molar-refractivity contribution is 7.17. The van der Waals surface area contributed by atoms with Crippen molar-refractivity contribution in [3.8, 4) is 0 Å². The molecule has 0 radical (unpaired) electrons. The van der Waals surface area contributed by atoms with Gasteiger partial charge in [-0.05, 0) is 49.8 Å². The molecule has 0 saturated heterocycles. The van der Waals surface area contributed by atoms with Crippen LogP contribution in [-0.4, -0.2) is 29.0 Å². The Balaban J connectivity index is 1.66. The maximum absolute atomic E-state index is 13.5. The number of amides is 1. The maximum atomic E-state index is 13.5. The molecule has 1 N–H and O–H groups in total. The number of hydrogen-bond acceptors (Lipinski definition) is 6. The molecule has 4 rings (SSSR count). The number of anilines is 1. The van der Waals surface area contributed by atoms with Gasteiger partial charge in [-0.3, -0.25) is 4.79 Å². The average Bonchev–Trinajstić information content (AvgIpc) is 3.40. The normalized spacial score (nSPS) is 15.8. The second-order valence-corrected chi connectivity index (χ2v) is 9.57. The fourth-order valence-electron chi connectivity index (χ4n) is 4.18. The predicted molar refractivity (Wildman–Crippen MR) is 130 cm³/mol. The Hall–Kier alpha value is -3.39. The number of aromatic nitrogens is 1. The number of nitrogens with one attached hydrogen (secondary N) is 1. The van der Waals surface area contributed by atoms with Gasteiger partial charge in [-0.1, -0.05) is 37.3 Å². The van der Waals surface area contributed by atoms with Crippen molar-refractivity contribution in [2.45, 2.75) is 39.2 Å². The monoisotopic (exact) mass is 480 g/mol. The van der Waals surface area contributed by atoms with Crippen molar-refractivity contribution in [1.29, 1.82) is 0 Å². The summed E-state index contributed by atoms with van der Waals surface area (Å²) in [6.07, 6.45) is 3.15. The molecule has 3 aromatic rings. The van der Waals surface area contributed by atoms with Crippen molar-refractivity contribution in [2.75, 3.05) is 11.9 Å². The van der Waals surface area contributed by atoms with E-state index in [0.717, 1.165) is 29.7 Å². The molecule has 2 atom stereocenters. The highest BCUT2D eigenvalue weighted by Gasteiger charge is 2.32. The molecule has 1 amide bonds. The van der Waals surface area contributed by atoms with Crippen LogP contribution >= 0.6 is 11.3 Å². The number of benzene rings is 1. The number of ether oxygens (including phenoxy) is 2. The molecule has 178 valence electrons. The Morgan fingerprint density at radius 3 is 2.59 bits per heavy atom. The zero-order valence-corrected chi connectivity index (χ0v) is 20.3. The van der Waals surface area contributed by atoms with Gasteiger partial charge in [0.1, 0.15) is 10.7 Å². The summed E-state index contributed by atoms with van der Waals surface area (Å²) in [4.78, 5) is 40.2. The third kappa shape index (κ3) is 4.92. The Morgan fingerprint density at radius 2 is 1.91 bits per heavy atom. The minimum Gasteiger partial charge on any atom is -0.462 e. The van der Waals surface area contributed by atoms with Crippen LogP contribution in [0.25, 0.3) is 0 Å². The summed E-state index contributed by atoms with van der Waals surface area (Å²) in [6.45, 7) is 4.18. The molecule has 2 unspecified atom stereocenters. The average molecular weight is 481 g/mol. The fourth-order valence-corrected chi connectivity index (χ4v) is 5.58. The topological polar surface area (TPSA) is 86.6 Å². The molecule has 0 fully saturated rings. The molecule has 0 spiro atoms. The summed E-state index contributed by atoms with van der Waals surface area (Å²) in [7, 11) is 1.73. The van der Waals surface area contributed by atoms with Gasteiger partial charge >= 0.3 is 11.9 Å². The van der Waals surface area contributed by atoms with Crippen LogP contribution in [0.15, 0.2) is 48.7 Å². The summed E-state index contributed by atoms with van der Waals surface area (Å²) >= 11 is 1.40. The van der Waals surface area contributed by atoms with E-state index in [0.29, 0.717) is 27.7 Å². The first kappa shape index (κ1) is 23.8. The molecule has 1 aromatic carbocycles. The minimum atomic E-state index is -1.18. The Labute approximate surface area is 202 Å². The van der Waals surface area contributed by atoms with Gasteiger partial charge in [-0.25, -0.2) is 9.59 Å². The second-order valence-electron chi connectivity index (χ2n) is 8.47. The van der Waals surface area contributed by atoms with Crippen LogP contribution in [0.5, 0.6) is 0 Å². The van der Waals surface area contributed by atoms with Crippen molar-refractivity contribution in [3.05, 3.63) is 75.9 Å². The van der Waals surface area contributed by atoms with Gasteiger partial charge in [0.05, 0.1) is 12.2 Å². The number of rotatable bonds is 7. The first-order valence-corrected chi connectivity index (χ1v) is 12.2. The van der Waals surface area contributed by atoms with Gasteiger partial charge < -0.3 is 19.4 Å². The van der Waals surface area contributed by atoms with Crippen LogP contribution in [0, 0.1) is 5.92 Å². The molecule has 1 aliphatic carbocycles. The number of hydrogen-bond donors (Lipinski definition) is 1. The van der Waals surface area contributed by atoms with E-state index >= 15 is 0 Å². The van der Waals surface area contributed by atoms with Crippen molar-refractivity contribution in [1.82, 2.24) is 4.57 Å². The molecular formula is C26H28N2O5S. The first-order valence-electron chi connectivity index (χ1n) is 11.4. The lowest BCUT2D eigenvalue weighted by Gasteiger charge is -2.19. The quantitative estimate of drug-likeness (QED) is 0.485. The van der Waals surface area contributed by atoms with E-state index in [1.807, 2.05) is 6.07 Å². The van der Waals surface area contributed by atoms with Crippen LogP contribution in [-0.2, 0) is 34.2 Å². The van der Waals surface area contributed by atoms with Crippen LogP contribution < -0.4 is 5.32 Å². The molecule has 0 aliphatic heterocycles.